The molecular formula is C18H21N3O2. The number of hydrogen-bond acceptors (Lipinski definition) is 3. The predicted molar refractivity (Wildman–Crippen MR) is 92.1 cm³/mol. The van der Waals surface area contributed by atoms with E-state index in [0.717, 1.165) is 16.9 Å². The van der Waals surface area contributed by atoms with Crippen LogP contribution in [0, 0.1) is 0 Å². The molecule has 0 fully saturated rings. The summed E-state index contributed by atoms with van der Waals surface area (Å²) in [6.07, 6.45) is 0. The van der Waals surface area contributed by atoms with Crippen molar-refractivity contribution in [2.24, 2.45) is 0 Å². The van der Waals surface area contributed by atoms with Gasteiger partial charge >= 0.3 is 0 Å². The molecule has 0 aliphatic heterocycles. The Morgan fingerprint density at radius 2 is 1.57 bits per heavy atom. The monoisotopic (exact) mass is 311 g/mol. The van der Waals surface area contributed by atoms with Crippen molar-refractivity contribution in [3.8, 4) is 0 Å². The minimum absolute atomic E-state index is 0.0696. The second kappa shape index (κ2) is 7.98. The topological polar surface area (TPSA) is 70.2 Å². The summed E-state index contributed by atoms with van der Waals surface area (Å²) in [4.78, 5) is 23.1. The Balaban J connectivity index is 1.84. The number of hydrogen-bond donors (Lipinski definition) is 3. The van der Waals surface area contributed by atoms with Gasteiger partial charge in [0.15, 0.2) is 0 Å². The van der Waals surface area contributed by atoms with Gasteiger partial charge in [0.1, 0.15) is 6.04 Å². The lowest BCUT2D eigenvalue weighted by atomic mass is 10.2. The van der Waals surface area contributed by atoms with Crippen molar-refractivity contribution in [1.29, 1.82) is 0 Å². The van der Waals surface area contributed by atoms with Gasteiger partial charge in [-0.05, 0) is 36.8 Å². The van der Waals surface area contributed by atoms with E-state index in [1.54, 1.807) is 12.1 Å². The van der Waals surface area contributed by atoms with Crippen LogP contribution in [-0.4, -0.2) is 17.9 Å². The van der Waals surface area contributed by atoms with E-state index in [2.05, 4.69) is 16.0 Å². The van der Waals surface area contributed by atoms with Crippen LogP contribution in [0.4, 0.5) is 11.4 Å². The molecule has 1 atom stereocenters. The van der Waals surface area contributed by atoms with Crippen LogP contribution in [-0.2, 0) is 16.1 Å². The summed E-state index contributed by atoms with van der Waals surface area (Å²) < 4.78 is 0. The Hall–Kier alpha value is -2.82. The lowest BCUT2D eigenvalue weighted by Crippen LogP contribution is -2.37. The van der Waals surface area contributed by atoms with Gasteiger partial charge in [-0.25, -0.2) is 0 Å². The predicted octanol–water partition coefficient (Wildman–Crippen LogP) is 2.76. The summed E-state index contributed by atoms with van der Waals surface area (Å²) in [5, 5.41) is 8.73. The van der Waals surface area contributed by atoms with Crippen LogP contribution in [0.25, 0.3) is 0 Å². The molecule has 0 aliphatic carbocycles. The molecule has 2 aromatic carbocycles. The van der Waals surface area contributed by atoms with Gasteiger partial charge in [-0.2, -0.15) is 0 Å². The highest BCUT2D eigenvalue weighted by Crippen LogP contribution is 2.14. The van der Waals surface area contributed by atoms with Crippen molar-refractivity contribution < 1.29 is 9.59 Å². The van der Waals surface area contributed by atoms with Gasteiger partial charge < -0.3 is 16.0 Å². The number of anilines is 2. The molecule has 0 aromatic heterocycles. The Bertz CT molecular complexity index is 654. The second-order valence-electron chi connectivity index (χ2n) is 5.33. The molecule has 2 aromatic rings. The average molecular weight is 311 g/mol. The third-order valence-corrected chi connectivity index (χ3v) is 3.29. The molecule has 0 saturated heterocycles. The quantitative estimate of drug-likeness (QED) is 0.768. The fraction of sp³-hybridized carbons (Fsp3) is 0.222. The first-order chi connectivity index (χ1) is 11.0. The van der Waals surface area contributed by atoms with E-state index in [4.69, 9.17) is 0 Å². The molecule has 0 spiro atoms. The van der Waals surface area contributed by atoms with E-state index >= 15 is 0 Å². The normalized spacial score (nSPS) is 11.4. The first kappa shape index (κ1) is 16.5. The van der Waals surface area contributed by atoms with E-state index in [1.165, 1.54) is 6.92 Å². The molecule has 2 amide bonds. The SMILES string of the molecule is CC(=O)Nc1ccc(N[C@H](C)C(=O)NCc2ccccc2)cc1. The number of nitrogens with one attached hydrogen (secondary N) is 3. The zero-order valence-electron chi connectivity index (χ0n) is 13.3. The summed E-state index contributed by atoms with van der Waals surface area (Å²) in [6.45, 7) is 3.78. The Morgan fingerprint density at radius 1 is 0.957 bits per heavy atom. The van der Waals surface area contributed by atoms with Crippen molar-refractivity contribution in [3.05, 3.63) is 60.2 Å². The summed E-state index contributed by atoms with van der Waals surface area (Å²) in [5.41, 5.74) is 2.61. The third kappa shape index (κ3) is 5.47. The summed E-state index contributed by atoms with van der Waals surface area (Å²) in [7, 11) is 0. The number of rotatable bonds is 6. The Labute approximate surface area is 136 Å². The lowest BCUT2D eigenvalue weighted by molar-refractivity contribution is -0.121. The average Bonchev–Trinajstić information content (AvgIpc) is 2.55. The molecule has 5 nitrogen and oxygen atoms in total. The van der Waals surface area contributed by atoms with Gasteiger partial charge in [0.2, 0.25) is 11.8 Å². The molecule has 3 N–H and O–H groups in total. The molecule has 5 heteroatoms. The fourth-order valence-corrected chi connectivity index (χ4v) is 2.11. The van der Waals surface area contributed by atoms with Crippen LogP contribution in [0.5, 0.6) is 0 Å². The molecule has 0 heterocycles. The number of amides is 2. The van der Waals surface area contributed by atoms with Crippen LogP contribution in [0.3, 0.4) is 0 Å². The van der Waals surface area contributed by atoms with Crippen LogP contribution < -0.4 is 16.0 Å². The van der Waals surface area contributed by atoms with Crippen molar-refractivity contribution >= 4 is 23.2 Å². The van der Waals surface area contributed by atoms with E-state index in [-0.39, 0.29) is 17.9 Å². The van der Waals surface area contributed by atoms with Crippen molar-refractivity contribution in [3.63, 3.8) is 0 Å². The van der Waals surface area contributed by atoms with Crippen LogP contribution in [0.2, 0.25) is 0 Å². The van der Waals surface area contributed by atoms with E-state index in [0.29, 0.717) is 6.54 Å². The van der Waals surface area contributed by atoms with Gasteiger partial charge in [0.25, 0.3) is 0 Å². The maximum atomic E-state index is 12.1. The minimum atomic E-state index is -0.356. The molecule has 0 unspecified atom stereocenters. The summed E-state index contributed by atoms with van der Waals surface area (Å²) in [5.74, 6) is -0.181. The van der Waals surface area contributed by atoms with E-state index in [9.17, 15) is 9.59 Å². The third-order valence-electron chi connectivity index (χ3n) is 3.29. The molecule has 2 rings (SSSR count). The van der Waals surface area contributed by atoms with Crippen LogP contribution >= 0.6 is 0 Å². The Kier molecular flexibility index (Phi) is 5.74. The summed E-state index contributed by atoms with van der Waals surface area (Å²) >= 11 is 0. The molecule has 0 aliphatic rings. The van der Waals surface area contributed by atoms with Crippen molar-refractivity contribution in [2.45, 2.75) is 26.4 Å². The number of carbonyl (C=O) groups excluding carboxylic acids is 2. The molecule has 120 valence electrons. The molecule has 0 bridgehead atoms. The lowest BCUT2D eigenvalue weighted by Gasteiger charge is -2.15. The van der Waals surface area contributed by atoms with E-state index in [1.807, 2.05) is 49.4 Å². The van der Waals surface area contributed by atoms with Gasteiger partial charge in [-0.3, -0.25) is 9.59 Å². The zero-order valence-corrected chi connectivity index (χ0v) is 13.3. The van der Waals surface area contributed by atoms with Gasteiger partial charge in [0.05, 0.1) is 0 Å². The summed E-state index contributed by atoms with van der Waals surface area (Å²) in [6, 6.07) is 16.7. The molecule has 23 heavy (non-hydrogen) atoms. The highest BCUT2D eigenvalue weighted by atomic mass is 16.2. The smallest absolute Gasteiger partial charge is 0.242 e. The number of carbonyl (C=O) groups is 2. The molecule has 0 radical (unpaired) electrons. The Morgan fingerprint density at radius 3 is 2.17 bits per heavy atom. The fourth-order valence-electron chi connectivity index (χ4n) is 2.11. The van der Waals surface area contributed by atoms with Gasteiger partial charge in [-0.1, -0.05) is 30.3 Å². The van der Waals surface area contributed by atoms with Crippen molar-refractivity contribution in [1.82, 2.24) is 5.32 Å². The maximum Gasteiger partial charge on any atom is 0.242 e. The van der Waals surface area contributed by atoms with E-state index < -0.39 is 0 Å². The van der Waals surface area contributed by atoms with Gasteiger partial charge in [0, 0.05) is 24.8 Å². The largest absolute Gasteiger partial charge is 0.374 e. The first-order valence-electron chi connectivity index (χ1n) is 7.50. The molecular weight excluding hydrogens is 290 g/mol. The standard InChI is InChI=1S/C18H21N3O2/c1-13(18(23)19-12-15-6-4-3-5-7-15)20-16-8-10-17(11-9-16)21-14(2)22/h3-11,13,20H,12H2,1-2H3,(H,19,23)(H,21,22)/t13-/m1/s1. The minimum Gasteiger partial charge on any atom is -0.374 e. The highest BCUT2D eigenvalue weighted by Gasteiger charge is 2.12. The zero-order chi connectivity index (χ0) is 16.7. The van der Waals surface area contributed by atoms with Crippen LogP contribution in [0.15, 0.2) is 54.6 Å². The first-order valence-corrected chi connectivity index (χ1v) is 7.50. The maximum absolute atomic E-state index is 12.1. The molecule has 0 saturated carbocycles. The number of benzene rings is 2. The second-order valence-corrected chi connectivity index (χ2v) is 5.33. The van der Waals surface area contributed by atoms with Crippen molar-refractivity contribution in [2.75, 3.05) is 10.6 Å². The van der Waals surface area contributed by atoms with Crippen LogP contribution in [0.1, 0.15) is 19.4 Å². The van der Waals surface area contributed by atoms with Gasteiger partial charge in [-0.15, -0.1) is 0 Å². The highest BCUT2D eigenvalue weighted by molar-refractivity contribution is 5.89.